The van der Waals surface area contributed by atoms with Gasteiger partial charge in [-0.1, -0.05) is 0 Å². The molecule has 0 spiro atoms. The first-order valence-corrected chi connectivity index (χ1v) is 4.49. The van der Waals surface area contributed by atoms with Crippen molar-refractivity contribution >= 4 is 5.97 Å². The number of nitrogens with zero attached hydrogens (tertiary/aromatic N) is 1. The van der Waals surface area contributed by atoms with Crippen LogP contribution < -0.4 is 0 Å². The van der Waals surface area contributed by atoms with Crippen LogP contribution in [-0.2, 0) is 9.53 Å². The van der Waals surface area contributed by atoms with Crippen LogP contribution in [0.5, 0.6) is 0 Å². The summed E-state index contributed by atoms with van der Waals surface area (Å²) in [6.07, 6.45) is 2.33. The SMILES string of the molecule is CC(=O)OC1CCC[N+](C)(C)C1. The number of hydrogen-bond donors (Lipinski definition) is 0. The molecule has 0 radical (unpaired) electrons. The standard InChI is InChI=1S/C9H18NO2/c1-8(11)12-9-5-4-6-10(2,3)7-9/h9H,4-7H2,1-3H3/q+1. The van der Waals surface area contributed by atoms with E-state index >= 15 is 0 Å². The predicted octanol–water partition coefficient (Wildman–Crippen LogP) is 0.788. The van der Waals surface area contributed by atoms with Crippen LogP contribution in [0.1, 0.15) is 19.8 Å². The second kappa shape index (κ2) is 3.44. The van der Waals surface area contributed by atoms with E-state index in [0.29, 0.717) is 0 Å². The molecule has 1 unspecified atom stereocenters. The predicted molar refractivity (Wildman–Crippen MR) is 46.6 cm³/mol. The molecule has 3 nitrogen and oxygen atoms in total. The zero-order valence-corrected chi connectivity index (χ0v) is 8.17. The van der Waals surface area contributed by atoms with Crippen molar-refractivity contribution in [2.24, 2.45) is 0 Å². The molecule has 70 valence electrons. The molecule has 1 rings (SSSR count). The third-order valence-corrected chi connectivity index (χ3v) is 2.32. The smallest absolute Gasteiger partial charge is 0.303 e. The number of carbonyl (C=O) groups is 1. The van der Waals surface area contributed by atoms with Gasteiger partial charge in [0.1, 0.15) is 6.54 Å². The van der Waals surface area contributed by atoms with Gasteiger partial charge in [-0.2, -0.15) is 0 Å². The molecule has 1 atom stereocenters. The summed E-state index contributed by atoms with van der Waals surface area (Å²) in [6, 6.07) is 0. The van der Waals surface area contributed by atoms with Gasteiger partial charge >= 0.3 is 5.97 Å². The van der Waals surface area contributed by atoms with E-state index in [1.54, 1.807) is 0 Å². The van der Waals surface area contributed by atoms with Crippen molar-refractivity contribution in [2.45, 2.75) is 25.9 Å². The quantitative estimate of drug-likeness (QED) is 0.432. The van der Waals surface area contributed by atoms with Crippen LogP contribution in [0.2, 0.25) is 0 Å². The average molecular weight is 172 g/mol. The van der Waals surface area contributed by atoms with Gasteiger partial charge < -0.3 is 9.22 Å². The Labute approximate surface area is 73.9 Å². The summed E-state index contributed by atoms with van der Waals surface area (Å²) in [7, 11) is 4.35. The van der Waals surface area contributed by atoms with Crippen LogP contribution in [0, 0.1) is 0 Å². The number of ether oxygens (including phenoxy) is 1. The molecular weight excluding hydrogens is 154 g/mol. The Morgan fingerprint density at radius 3 is 2.67 bits per heavy atom. The van der Waals surface area contributed by atoms with Crippen molar-refractivity contribution < 1.29 is 14.0 Å². The second-order valence-corrected chi connectivity index (χ2v) is 4.22. The number of piperidine rings is 1. The third-order valence-electron chi connectivity index (χ3n) is 2.32. The molecule has 0 aromatic carbocycles. The highest BCUT2D eigenvalue weighted by molar-refractivity contribution is 5.66. The Balaban J connectivity index is 2.41. The number of carbonyl (C=O) groups excluding carboxylic acids is 1. The summed E-state index contributed by atoms with van der Waals surface area (Å²) >= 11 is 0. The van der Waals surface area contributed by atoms with Crippen LogP contribution in [0.15, 0.2) is 0 Å². The second-order valence-electron chi connectivity index (χ2n) is 4.22. The molecular formula is C9H18NO2+. The van der Waals surface area contributed by atoms with Gasteiger partial charge in [0.05, 0.1) is 20.6 Å². The van der Waals surface area contributed by atoms with Gasteiger partial charge in [0.15, 0.2) is 6.10 Å². The molecule has 0 amide bonds. The summed E-state index contributed by atoms with van der Waals surface area (Å²) in [4.78, 5) is 10.7. The Morgan fingerprint density at radius 1 is 1.50 bits per heavy atom. The van der Waals surface area contributed by atoms with Crippen LogP contribution >= 0.6 is 0 Å². The number of rotatable bonds is 1. The molecule has 1 saturated heterocycles. The van der Waals surface area contributed by atoms with E-state index in [2.05, 4.69) is 14.1 Å². The summed E-state index contributed by atoms with van der Waals surface area (Å²) in [5.41, 5.74) is 0. The molecule has 1 aliphatic rings. The summed E-state index contributed by atoms with van der Waals surface area (Å²) in [5.74, 6) is -0.151. The van der Waals surface area contributed by atoms with Gasteiger partial charge in [-0.3, -0.25) is 4.79 Å². The molecule has 0 aliphatic carbocycles. The van der Waals surface area contributed by atoms with Gasteiger partial charge in [0, 0.05) is 13.3 Å². The summed E-state index contributed by atoms with van der Waals surface area (Å²) in [5, 5.41) is 0. The van der Waals surface area contributed by atoms with E-state index in [0.717, 1.165) is 23.9 Å². The Morgan fingerprint density at radius 2 is 2.17 bits per heavy atom. The fourth-order valence-electron chi connectivity index (χ4n) is 1.81. The maximum Gasteiger partial charge on any atom is 0.303 e. The molecule has 0 N–H and O–H groups in total. The summed E-state index contributed by atoms with van der Waals surface area (Å²) < 4.78 is 6.14. The average Bonchev–Trinajstić information content (AvgIpc) is 1.82. The minimum absolute atomic E-state index is 0.145. The molecule has 0 bridgehead atoms. The van der Waals surface area contributed by atoms with Crippen LogP contribution in [0.25, 0.3) is 0 Å². The molecule has 3 heteroatoms. The number of quaternary nitrogens is 1. The molecule has 0 saturated carbocycles. The van der Waals surface area contributed by atoms with Crippen molar-refractivity contribution in [2.75, 3.05) is 27.2 Å². The van der Waals surface area contributed by atoms with E-state index in [4.69, 9.17) is 4.74 Å². The van der Waals surface area contributed by atoms with Crippen LogP contribution in [0.3, 0.4) is 0 Å². The largest absolute Gasteiger partial charge is 0.457 e. The Bertz CT molecular complexity index is 177. The van der Waals surface area contributed by atoms with Crippen LogP contribution in [0.4, 0.5) is 0 Å². The fourth-order valence-corrected chi connectivity index (χ4v) is 1.81. The fraction of sp³-hybridized carbons (Fsp3) is 0.889. The number of likely N-dealkylation sites (N-methyl/N-ethyl adjacent to an activating group) is 1. The third kappa shape index (κ3) is 2.81. The van der Waals surface area contributed by atoms with Crippen molar-refractivity contribution in [3.63, 3.8) is 0 Å². The zero-order valence-electron chi connectivity index (χ0n) is 8.17. The van der Waals surface area contributed by atoms with E-state index in [-0.39, 0.29) is 12.1 Å². The van der Waals surface area contributed by atoms with Gasteiger partial charge in [-0.15, -0.1) is 0 Å². The number of likely N-dealkylation sites (tertiary alicyclic amines) is 1. The van der Waals surface area contributed by atoms with Gasteiger partial charge in [0.25, 0.3) is 0 Å². The monoisotopic (exact) mass is 172 g/mol. The maximum atomic E-state index is 10.7. The topological polar surface area (TPSA) is 26.3 Å². The maximum absolute atomic E-state index is 10.7. The number of hydrogen-bond acceptors (Lipinski definition) is 2. The molecule has 1 aliphatic heterocycles. The van der Waals surface area contributed by atoms with Gasteiger partial charge in [-0.25, -0.2) is 0 Å². The van der Waals surface area contributed by atoms with Crippen LogP contribution in [-0.4, -0.2) is 43.7 Å². The minimum atomic E-state index is -0.151. The van der Waals surface area contributed by atoms with Crippen molar-refractivity contribution in [3.8, 4) is 0 Å². The van der Waals surface area contributed by atoms with Gasteiger partial charge in [0.2, 0.25) is 0 Å². The Kier molecular flexibility index (Phi) is 2.73. The highest BCUT2D eigenvalue weighted by Gasteiger charge is 2.28. The lowest BCUT2D eigenvalue weighted by atomic mass is 10.1. The summed E-state index contributed by atoms with van der Waals surface area (Å²) in [6.45, 7) is 3.63. The van der Waals surface area contributed by atoms with Crippen molar-refractivity contribution in [3.05, 3.63) is 0 Å². The molecule has 1 fully saturated rings. The highest BCUT2D eigenvalue weighted by atomic mass is 16.5. The van der Waals surface area contributed by atoms with Crippen molar-refractivity contribution in [1.82, 2.24) is 0 Å². The lowest BCUT2D eigenvalue weighted by Gasteiger charge is -2.37. The molecule has 0 aromatic heterocycles. The lowest BCUT2D eigenvalue weighted by molar-refractivity contribution is -0.898. The van der Waals surface area contributed by atoms with Crippen molar-refractivity contribution in [1.29, 1.82) is 0 Å². The minimum Gasteiger partial charge on any atom is -0.457 e. The first kappa shape index (κ1) is 9.52. The normalized spacial score (nSPS) is 28.1. The zero-order chi connectivity index (χ0) is 9.19. The first-order chi connectivity index (χ1) is 5.49. The van der Waals surface area contributed by atoms with E-state index in [1.807, 2.05) is 0 Å². The Hall–Kier alpha value is -0.570. The van der Waals surface area contributed by atoms with E-state index < -0.39 is 0 Å². The molecule has 0 aromatic rings. The lowest BCUT2D eigenvalue weighted by Crippen LogP contribution is -2.50. The van der Waals surface area contributed by atoms with Gasteiger partial charge in [-0.05, 0) is 6.42 Å². The molecule has 12 heavy (non-hydrogen) atoms. The van der Waals surface area contributed by atoms with E-state index in [1.165, 1.54) is 13.5 Å². The molecule has 1 heterocycles. The first-order valence-electron chi connectivity index (χ1n) is 4.49. The van der Waals surface area contributed by atoms with E-state index in [9.17, 15) is 4.79 Å². The number of esters is 1. The highest BCUT2D eigenvalue weighted by Crippen LogP contribution is 2.16.